The van der Waals surface area contributed by atoms with E-state index >= 15 is 0 Å². The van der Waals surface area contributed by atoms with Gasteiger partial charge in [-0.15, -0.1) is 0 Å². The molecule has 0 atom stereocenters. The predicted octanol–water partition coefficient (Wildman–Crippen LogP) is 3.78. The van der Waals surface area contributed by atoms with Gasteiger partial charge < -0.3 is 20.7 Å². The number of hydrogen-bond acceptors (Lipinski definition) is 4. The molecule has 0 heterocycles. The lowest BCUT2D eigenvalue weighted by molar-refractivity contribution is -0.121. The first-order chi connectivity index (χ1) is 14.1. The van der Waals surface area contributed by atoms with Gasteiger partial charge in [0.15, 0.2) is 0 Å². The maximum Gasteiger partial charge on any atom is 0.407 e. The lowest BCUT2D eigenvalue weighted by Gasteiger charge is -2.19. The third-order valence-electron chi connectivity index (χ3n) is 4.00. The highest BCUT2D eigenvalue weighted by molar-refractivity contribution is 6.04. The minimum absolute atomic E-state index is 0.157. The van der Waals surface area contributed by atoms with Crippen LogP contribution in [0.15, 0.2) is 48.5 Å². The lowest BCUT2D eigenvalue weighted by atomic mass is 10.1. The van der Waals surface area contributed by atoms with Crippen molar-refractivity contribution in [3.8, 4) is 0 Å². The number of ether oxygens (including phenoxy) is 1. The second-order valence-corrected chi connectivity index (χ2v) is 7.98. The first-order valence-electron chi connectivity index (χ1n) is 9.83. The zero-order chi connectivity index (χ0) is 22.1. The van der Waals surface area contributed by atoms with E-state index in [1.807, 2.05) is 37.3 Å². The molecule has 2 rings (SSSR count). The summed E-state index contributed by atoms with van der Waals surface area (Å²) in [5.74, 6) is -0.347. The molecule has 3 N–H and O–H groups in total. The van der Waals surface area contributed by atoms with Crippen molar-refractivity contribution in [2.75, 3.05) is 11.9 Å². The molecule has 0 aliphatic heterocycles. The molecule has 7 heteroatoms. The van der Waals surface area contributed by atoms with Crippen LogP contribution in [0.4, 0.5) is 10.5 Å². The van der Waals surface area contributed by atoms with Crippen LogP contribution in [0.25, 0.3) is 0 Å². The summed E-state index contributed by atoms with van der Waals surface area (Å²) in [6.07, 6.45) is -0.386. The molecule has 0 unspecified atom stereocenters. The van der Waals surface area contributed by atoms with E-state index in [1.165, 1.54) is 0 Å². The number of anilines is 1. The van der Waals surface area contributed by atoms with Crippen LogP contribution in [-0.2, 0) is 16.1 Å². The first-order valence-corrected chi connectivity index (χ1v) is 9.83. The number of amides is 3. The summed E-state index contributed by atoms with van der Waals surface area (Å²) in [5.41, 5.74) is 2.63. The predicted molar refractivity (Wildman–Crippen MR) is 116 cm³/mol. The summed E-state index contributed by atoms with van der Waals surface area (Å²) >= 11 is 0. The highest BCUT2D eigenvalue weighted by atomic mass is 16.6. The van der Waals surface area contributed by atoms with E-state index in [2.05, 4.69) is 16.0 Å². The highest BCUT2D eigenvalue weighted by Crippen LogP contribution is 2.12. The molecule has 0 radical (unpaired) electrons. The Morgan fingerprint density at radius 3 is 2.30 bits per heavy atom. The topological polar surface area (TPSA) is 96.5 Å². The second kappa shape index (κ2) is 10.4. The fourth-order valence-corrected chi connectivity index (χ4v) is 2.58. The SMILES string of the molecule is Cc1cccc(C(=O)Nc2ccc(CNC(=O)CCNC(=O)OC(C)(C)C)cc2)c1. The summed E-state index contributed by atoms with van der Waals surface area (Å²) in [7, 11) is 0. The van der Waals surface area contributed by atoms with Crippen molar-refractivity contribution < 1.29 is 19.1 Å². The Morgan fingerprint density at radius 1 is 0.967 bits per heavy atom. The number of benzene rings is 2. The number of nitrogens with one attached hydrogen (secondary N) is 3. The standard InChI is InChI=1S/C23H29N3O4/c1-16-6-5-7-18(14-16)21(28)26-19-10-8-17(9-11-19)15-25-20(27)12-13-24-22(29)30-23(2,3)4/h5-11,14H,12-13,15H2,1-4H3,(H,24,29)(H,25,27)(H,26,28). The summed E-state index contributed by atoms with van der Waals surface area (Å²) < 4.78 is 5.11. The molecular weight excluding hydrogens is 382 g/mol. The number of carbonyl (C=O) groups is 3. The molecule has 0 bridgehead atoms. The highest BCUT2D eigenvalue weighted by Gasteiger charge is 2.15. The molecule has 0 aliphatic carbocycles. The van der Waals surface area contributed by atoms with E-state index in [0.29, 0.717) is 17.8 Å². The number of alkyl carbamates (subject to hydrolysis) is 1. The van der Waals surface area contributed by atoms with E-state index in [4.69, 9.17) is 4.74 Å². The van der Waals surface area contributed by atoms with Gasteiger partial charge in [-0.25, -0.2) is 4.79 Å². The summed E-state index contributed by atoms with van der Waals surface area (Å²) in [4.78, 5) is 35.7. The van der Waals surface area contributed by atoms with Gasteiger partial charge in [0.2, 0.25) is 5.91 Å². The minimum atomic E-state index is -0.571. The fraction of sp³-hybridized carbons (Fsp3) is 0.348. The van der Waals surface area contributed by atoms with Gasteiger partial charge >= 0.3 is 6.09 Å². The maximum atomic E-state index is 12.3. The molecule has 3 amide bonds. The molecule has 0 aliphatic rings. The molecule has 2 aromatic rings. The molecule has 0 saturated carbocycles. The average Bonchev–Trinajstić information content (AvgIpc) is 2.66. The zero-order valence-electron chi connectivity index (χ0n) is 17.9. The van der Waals surface area contributed by atoms with E-state index in [1.54, 1.807) is 39.0 Å². The summed E-state index contributed by atoms with van der Waals surface area (Å²) in [5, 5.41) is 8.20. The number of hydrogen-bond donors (Lipinski definition) is 3. The number of carbonyl (C=O) groups excluding carboxylic acids is 3. The molecule has 0 aromatic heterocycles. The van der Waals surface area contributed by atoms with Crippen molar-refractivity contribution in [1.82, 2.24) is 10.6 Å². The van der Waals surface area contributed by atoms with Gasteiger partial charge in [-0.3, -0.25) is 9.59 Å². The largest absolute Gasteiger partial charge is 0.444 e. The third-order valence-corrected chi connectivity index (χ3v) is 4.00. The van der Waals surface area contributed by atoms with Crippen LogP contribution >= 0.6 is 0 Å². The Balaban J connectivity index is 1.73. The normalized spacial score (nSPS) is 10.8. The Bertz CT molecular complexity index is 886. The Morgan fingerprint density at radius 2 is 1.67 bits per heavy atom. The van der Waals surface area contributed by atoms with E-state index < -0.39 is 11.7 Å². The van der Waals surface area contributed by atoms with Crippen LogP contribution in [0.2, 0.25) is 0 Å². The molecule has 2 aromatic carbocycles. The Kier molecular flexibility index (Phi) is 7.98. The van der Waals surface area contributed by atoms with Crippen LogP contribution in [-0.4, -0.2) is 30.1 Å². The van der Waals surface area contributed by atoms with Crippen molar-refractivity contribution in [2.24, 2.45) is 0 Å². The van der Waals surface area contributed by atoms with Gasteiger partial charge in [-0.1, -0.05) is 29.8 Å². The monoisotopic (exact) mass is 411 g/mol. The average molecular weight is 412 g/mol. The molecule has 7 nitrogen and oxygen atoms in total. The fourth-order valence-electron chi connectivity index (χ4n) is 2.58. The molecule has 0 spiro atoms. The maximum absolute atomic E-state index is 12.3. The van der Waals surface area contributed by atoms with Crippen LogP contribution in [0.5, 0.6) is 0 Å². The van der Waals surface area contributed by atoms with Gasteiger partial charge in [-0.05, 0) is 57.5 Å². The Labute approximate surface area is 177 Å². The molecule has 160 valence electrons. The minimum Gasteiger partial charge on any atom is -0.444 e. The van der Waals surface area contributed by atoms with Crippen molar-refractivity contribution >= 4 is 23.6 Å². The third kappa shape index (κ3) is 8.34. The van der Waals surface area contributed by atoms with Gasteiger partial charge in [0.05, 0.1) is 0 Å². The van der Waals surface area contributed by atoms with Crippen molar-refractivity contribution in [3.05, 3.63) is 65.2 Å². The summed E-state index contributed by atoms with van der Waals surface area (Å²) in [6, 6.07) is 14.6. The number of rotatable bonds is 7. The number of aryl methyl sites for hydroxylation is 1. The van der Waals surface area contributed by atoms with Gasteiger partial charge in [0.1, 0.15) is 5.60 Å². The summed E-state index contributed by atoms with van der Waals surface area (Å²) in [6.45, 7) is 7.82. The lowest BCUT2D eigenvalue weighted by Crippen LogP contribution is -2.35. The zero-order valence-corrected chi connectivity index (χ0v) is 17.9. The molecule has 0 fully saturated rings. The smallest absolute Gasteiger partial charge is 0.407 e. The van der Waals surface area contributed by atoms with Crippen LogP contribution in [0, 0.1) is 6.92 Å². The first kappa shape index (κ1) is 22.9. The van der Waals surface area contributed by atoms with Crippen molar-refractivity contribution in [1.29, 1.82) is 0 Å². The molecular formula is C23H29N3O4. The van der Waals surface area contributed by atoms with Crippen LogP contribution < -0.4 is 16.0 Å². The molecule has 0 saturated heterocycles. The van der Waals surface area contributed by atoms with E-state index in [0.717, 1.165) is 11.1 Å². The van der Waals surface area contributed by atoms with E-state index in [-0.39, 0.29) is 24.8 Å². The van der Waals surface area contributed by atoms with Crippen LogP contribution in [0.3, 0.4) is 0 Å². The quantitative estimate of drug-likeness (QED) is 0.646. The molecule has 30 heavy (non-hydrogen) atoms. The Hall–Kier alpha value is -3.35. The van der Waals surface area contributed by atoms with E-state index in [9.17, 15) is 14.4 Å². The second-order valence-electron chi connectivity index (χ2n) is 7.98. The van der Waals surface area contributed by atoms with Gasteiger partial charge in [0, 0.05) is 30.8 Å². The van der Waals surface area contributed by atoms with Crippen molar-refractivity contribution in [2.45, 2.75) is 46.3 Å². The van der Waals surface area contributed by atoms with Crippen LogP contribution in [0.1, 0.15) is 48.7 Å². The van der Waals surface area contributed by atoms with Gasteiger partial charge in [-0.2, -0.15) is 0 Å². The van der Waals surface area contributed by atoms with Gasteiger partial charge in [0.25, 0.3) is 5.91 Å². The van der Waals surface area contributed by atoms with Crippen molar-refractivity contribution in [3.63, 3.8) is 0 Å².